The first-order valence-corrected chi connectivity index (χ1v) is 11.3. The number of amides is 1. The Morgan fingerprint density at radius 1 is 1.28 bits per heavy atom. The van der Waals surface area contributed by atoms with Crippen LogP contribution in [0.15, 0.2) is 29.1 Å². The Morgan fingerprint density at radius 2 is 2.09 bits per heavy atom. The van der Waals surface area contributed by atoms with Crippen molar-refractivity contribution in [2.24, 2.45) is 5.92 Å². The molecule has 32 heavy (non-hydrogen) atoms. The first kappa shape index (κ1) is 23.9. The van der Waals surface area contributed by atoms with Gasteiger partial charge in [0.25, 0.3) is 5.56 Å². The van der Waals surface area contributed by atoms with E-state index in [0.717, 1.165) is 44.8 Å². The normalized spacial score (nSPS) is 14.5. The molecule has 2 heterocycles. The number of aryl methyl sites for hydroxylation is 1. The van der Waals surface area contributed by atoms with Gasteiger partial charge < -0.3 is 19.8 Å². The monoisotopic (exact) mass is 443 g/mol. The summed E-state index contributed by atoms with van der Waals surface area (Å²) in [6.07, 6.45) is 1.34. The first-order valence-electron chi connectivity index (χ1n) is 11.3. The Kier molecular flexibility index (Phi) is 9.18. The van der Waals surface area contributed by atoms with E-state index < -0.39 is 0 Å². The standard InChI is InChI=1S/C23H33N5O4/c1-17(2)16-32-19-6-3-5-18(15-19)22-25-23(30)20(26-27-22)7-8-21(29)24-9-4-10-28-11-13-31-14-12-28/h3,5-6,15,17H,4,7-14,16H2,1-2H3,(H,24,29)(H,25,27,30). The van der Waals surface area contributed by atoms with Crippen LogP contribution in [0, 0.1) is 5.92 Å². The molecule has 0 saturated carbocycles. The van der Waals surface area contributed by atoms with Crippen molar-refractivity contribution >= 4 is 5.91 Å². The molecule has 1 fully saturated rings. The van der Waals surface area contributed by atoms with Crippen LogP contribution in [0.1, 0.15) is 32.4 Å². The maximum Gasteiger partial charge on any atom is 0.273 e. The van der Waals surface area contributed by atoms with E-state index in [1.165, 1.54) is 0 Å². The minimum atomic E-state index is -0.330. The molecule has 174 valence electrons. The largest absolute Gasteiger partial charge is 0.493 e. The van der Waals surface area contributed by atoms with Gasteiger partial charge in [-0.1, -0.05) is 26.0 Å². The summed E-state index contributed by atoms with van der Waals surface area (Å²) in [6, 6.07) is 7.38. The van der Waals surface area contributed by atoms with Crippen molar-refractivity contribution in [3.63, 3.8) is 0 Å². The van der Waals surface area contributed by atoms with Crippen LogP contribution in [0.3, 0.4) is 0 Å². The van der Waals surface area contributed by atoms with Gasteiger partial charge >= 0.3 is 0 Å². The summed E-state index contributed by atoms with van der Waals surface area (Å²) < 4.78 is 11.1. The highest BCUT2D eigenvalue weighted by atomic mass is 16.5. The lowest BCUT2D eigenvalue weighted by molar-refractivity contribution is -0.121. The van der Waals surface area contributed by atoms with E-state index in [1.807, 2.05) is 24.3 Å². The highest BCUT2D eigenvalue weighted by molar-refractivity contribution is 5.76. The zero-order valence-corrected chi connectivity index (χ0v) is 18.9. The molecule has 0 radical (unpaired) electrons. The van der Waals surface area contributed by atoms with Crippen molar-refractivity contribution in [2.45, 2.75) is 33.1 Å². The van der Waals surface area contributed by atoms with E-state index >= 15 is 0 Å². The van der Waals surface area contributed by atoms with Crippen molar-refractivity contribution in [3.05, 3.63) is 40.3 Å². The highest BCUT2D eigenvalue weighted by Gasteiger charge is 2.12. The van der Waals surface area contributed by atoms with Crippen molar-refractivity contribution < 1.29 is 14.3 Å². The van der Waals surface area contributed by atoms with Gasteiger partial charge in [0.15, 0.2) is 5.82 Å². The molecule has 0 atom stereocenters. The van der Waals surface area contributed by atoms with E-state index in [0.29, 0.717) is 30.6 Å². The molecule has 1 saturated heterocycles. The molecule has 2 N–H and O–H groups in total. The van der Waals surface area contributed by atoms with E-state index in [9.17, 15) is 9.59 Å². The zero-order valence-electron chi connectivity index (χ0n) is 18.9. The third-order valence-electron chi connectivity index (χ3n) is 5.12. The SMILES string of the molecule is CC(C)COc1cccc(-c2nnc(CCC(=O)NCCCN3CCOCC3)c(=O)[nH]2)c1. The fourth-order valence-electron chi connectivity index (χ4n) is 3.33. The smallest absolute Gasteiger partial charge is 0.273 e. The third-order valence-corrected chi connectivity index (χ3v) is 5.12. The summed E-state index contributed by atoms with van der Waals surface area (Å²) in [4.78, 5) is 29.6. The minimum absolute atomic E-state index is 0.0905. The molecule has 0 unspecified atom stereocenters. The van der Waals surface area contributed by atoms with Crippen molar-refractivity contribution in [3.8, 4) is 17.1 Å². The molecule has 9 heteroatoms. The van der Waals surface area contributed by atoms with Crippen LogP contribution < -0.4 is 15.6 Å². The van der Waals surface area contributed by atoms with Crippen molar-refractivity contribution in [2.75, 3.05) is 46.0 Å². The highest BCUT2D eigenvalue weighted by Crippen LogP contribution is 2.20. The Morgan fingerprint density at radius 3 is 2.84 bits per heavy atom. The number of benzene rings is 1. The Labute approximate surface area is 188 Å². The Bertz CT molecular complexity index is 925. The predicted molar refractivity (Wildman–Crippen MR) is 122 cm³/mol. The number of nitrogens with one attached hydrogen (secondary N) is 2. The number of H-pyrrole nitrogens is 1. The maximum atomic E-state index is 12.4. The molecular weight excluding hydrogens is 410 g/mol. The second kappa shape index (κ2) is 12.3. The molecule has 0 aliphatic carbocycles. The van der Waals surface area contributed by atoms with Gasteiger partial charge in [-0.3, -0.25) is 14.5 Å². The van der Waals surface area contributed by atoms with Gasteiger partial charge in [-0.2, -0.15) is 0 Å². The molecule has 1 aliphatic heterocycles. The molecule has 0 bridgehead atoms. The number of carbonyl (C=O) groups excluding carboxylic acids is 1. The van der Waals surface area contributed by atoms with Crippen LogP contribution in [0.5, 0.6) is 5.75 Å². The lowest BCUT2D eigenvalue weighted by Crippen LogP contribution is -2.38. The Hall–Kier alpha value is -2.78. The van der Waals surface area contributed by atoms with Crippen LogP contribution in [0.25, 0.3) is 11.4 Å². The van der Waals surface area contributed by atoms with Crippen LogP contribution >= 0.6 is 0 Å². The molecule has 2 aromatic rings. The predicted octanol–water partition coefficient (Wildman–Crippen LogP) is 1.64. The van der Waals surface area contributed by atoms with Gasteiger partial charge in [0.05, 0.1) is 19.8 Å². The lowest BCUT2D eigenvalue weighted by atomic mass is 10.2. The van der Waals surface area contributed by atoms with Crippen LogP contribution in [0.2, 0.25) is 0 Å². The number of aromatic nitrogens is 3. The number of hydrogen-bond acceptors (Lipinski definition) is 7. The molecule has 1 amide bonds. The van der Waals surface area contributed by atoms with Gasteiger partial charge in [-0.25, -0.2) is 0 Å². The zero-order chi connectivity index (χ0) is 22.8. The van der Waals surface area contributed by atoms with Crippen LogP contribution in [0.4, 0.5) is 0 Å². The average Bonchev–Trinajstić information content (AvgIpc) is 2.80. The second-order valence-corrected chi connectivity index (χ2v) is 8.34. The van der Waals surface area contributed by atoms with Gasteiger partial charge in [-0.15, -0.1) is 10.2 Å². The van der Waals surface area contributed by atoms with Crippen molar-refractivity contribution in [1.82, 2.24) is 25.4 Å². The number of carbonyl (C=O) groups is 1. The van der Waals surface area contributed by atoms with Gasteiger partial charge in [0.1, 0.15) is 11.4 Å². The molecule has 1 aromatic heterocycles. The third kappa shape index (κ3) is 7.72. The quantitative estimate of drug-likeness (QED) is 0.508. The summed E-state index contributed by atoms with van der Waals surface area (Å²) >= 11 is 0. The van der Waals surface area contributed by atoms with Crippen molar-refractivity contribution in [1.29, 1.82) is 0 Å². The molecule has 3 rings (SSSR count). The number of nitrogens with zero attached hydrogens (tertiary/aromatic N) is 3. The summed E-state index contributed by atoms with van der Waals surface area (Å²) in [7, 11) is 0. The van der Waals surface area contributed by atoms with Crippen LogP contribution in [-0.2, 0) is 16.0 Å². The summed E-state index contributed by atoms with van der Waals surface area (Å²) in [6.45, 7) is 9.78. The molecule has 9 nitrogen and oxygen atoms in total. The molecule has 1 aliphatic rings. The number of morpholine rings is 1. The fourth-order valence-corrected chi connectivity index (χ4v) is 3.33. The summed E-state index contributed by atoms with van der Waals surface area (Å²) in [5.74, 6) is 1.42. The minimum Gasteiger partial charge on any atom is -0.493 e. The molecular formula is C23H33N5O4. The average molecular weight is 444 g/mol. The molecule has 0 spiro atoms. The number of rotatable bonds is 11. The van der Waals surface area contributed by atoms with Gasteiger partial charge in [0.2, 0.25) is 5.91 Å². The fraction of sp³-hybridized carbons (Fsp3) is 0.565. The van der Waals surface area contributed by atoms with Crippen LogP contribution in [-0.4, -0.2) is 72.0 Å². The maximum absolute atomic E-state index is 12.4. The first-order chi connectivity index (χ1) is 15.5. The summed E-state index contributed by atoms with van der Waals surface area (Å²) in [5, 5.41) is 11.1. The molecule has 1 aromatic carbocycles. The number of aromatic amines is 1. The van der Waals surface area contributed by atoms with E-state index in [1.54, 1.807) is 0 Å². The number of hydrogen-bond donors (Lipinski definition) is 2. The Balaban J connectivity index is 1.45. The van der Waals surface area contributed by atoms with E-state index in [-0.39, 0.29) is 30.0 Å². The lowest BCUT2D eigenvalue weighted by Gasteiger charge is -2.26. The van der Waals surface area contributed by atoms with Gasteiger partial charge in [-0.05, 0) is 31.0 Å². The topological polar surface area (TPSA) is 109 Å². The second-order valence-electron chi connectivity index (χ2n) is 8.34. The van der Waals surface area contributed by atoms with E-state index in [2.05, 4.69) is 39.2 Å². The summed E-state index contributed by atoms with van der Waals surface area (Å²) in [5.41, 5.74) is 0.647. The van der Waals surface area contributed by atoms with Gasteiger partial charge in [0, 0.05) is 38.0 Å². The van der Waals surface area contributed by atoms with E-state index in [4.69, 9.17) is 9.47 Å². The number of ether oxygens (including phenoxy) is 2.